The van der Waals surface area contributed by atoms with Crippen molar-refractivity contribution >= 4 is 17.6 Å². The minimum atomic E-state index is -0.327. The average Bonchev–Trinajstić information content (AvgIpc) is 2.97. The van der Waals surface area contributed by atoms with Crippen molar-refractivity contribution in [3.05, 3.63) is 119 Å². The Labute approximate surface area is 241 Å². The van der Waals surface area contributed by atoms with Crippen molar-refractivity contribution in [3.63, 3.8) is 0 Å². The minimum Gasteiger partial charge on any atom is -0.497 e. The van der Waals surface area contributed by atoms with Crippen molar-refractivity contribution in [3.8, 4) is 5.75 Å². The highest BCUT2D eigenvalue weighted by atomic mass is 16.5. The van der Waals surface area contributed by atoms with Gasteiger partial charge in [-0.1, -0.05) is 24.3 Å². The Morgan fingerprint density at radius 1 is 0.854 bits per heavy atom. The van der Waals surface area contributed by atoms with Gasteiger partial charge in [0.2, 0.25) is 0 Å². The number of hydrogen-bond donors (Lipinski definition) is 4. The molecule has 0 aliphatic heterocycles. The predicted molar refractivity (Wildman–Crippen MR) is 162 cm³/mol. The summed E-state index contributed by atoms with van der Waals surface area (Å²) in [5.41, 5.74) is 11.7. The molecule has 214 valence electrons. The average molecular weight is 555 g/mol. The summed E-state index contributed by atoms with van der Waals surface area (Å²) in [5.74, 6) is 0.565. The van der Waals surface area contributed by atoms with Gasteiger partial charge in [-0.3, -0.25) is 14.8 Å². The van der Waals surface area contributed by atoms with Gasteiger partial charge in [0.1, 0.15) is 5.75 Å². The molecule has 2 aromatic carbocycles. The molecule has 5 N–H and O–H groups in total. The molecule has 0 saturated carbocycles. The van der Waals surface area contributed by atoms with Gasteiger partial charge in [0, 0.05) is 36.2 Å². The number of aromatic nitrogens is 2. The number of methoxy groups -OCH3 is 1. The van der Waals surface area contributed by atoms with Gasteiger partial charge < -0.3 is 26.4 Å². The SMILES string of the molecule is COc1ccc(CNC(=O)Nc2ccc(C(=O)NC(C)c3ncccc3C)cc2)cc1.Cc1cccnc1C(C)N. The first kappa shape index (κ1) is 30.8. The number of nitrogens with zero attached hydrogens (tertiary/aromatic N) is 2. The number of benzene rings is 2. The molecule has 0 fully saturated rings. The summed E-state index contributed by atoms with van der Waals surface area (Å²) in [6, 6.07) is 21.5. The number of carbonyl (C=O) groups excluding carboxylic acids is 2. The number of nitrogens with one attached hydrogen (secondary N) is 3. The minimum absolute atomic E-state index is 0.0428. The van der Waals surface area contributed by atoms with Crippen LogP contribution in [0.25, 0.3) is 0 Å². The molecule has 0 aliphatic rings. The summed E-state index contributed by atoms with van der Waals surface area (Å²) in [7, 11) is 1.61. The molecule has 4 rings (SSSR count). The Morgan fingerprint density at radius 3 is 1.95 bits per heavy atom. The van der Waals surface area contributed by atoms with Gasteiger partial charge in [-0.15, -0.1) is 0 Å². The summed E-state index contributed by atoms with van der Waals surface area (Å²) >= 11 is 0. The highest BCUT2D eigenvalue weighted by Gasteiger charge is 2.14. The smallest absolute Gasteiger partial charge is 0.319 e. The number of aryl methyl sites for hydroxylation is 2. The van der Waals surface area contributed by atoms with E-state index >= 15 is 0 Å². The van der Waals surface area contributed by atoms with Crippen LogP contribution in [-0.2, 0) is 6.54 Å². The zero-order valence-corrected chi connectivity index (χ0v) is 24.1. The van der Waals surface area contributed by atoms with Gasteiger partial charge in [0.25, 0.3) is 5.91 Å². The first-order chi connectivity index (χ1) is 19.7. The van der Waals surface area contributed by atoms with Gasteiger partial charge in [0.15, 0.2) is 0 Å². The number of nitrogens with two attached hydrogens (primary N) is 1. The quantitative estimate of drug-likeness (QED) is 0.224. The van der Waals surface area contributed by atoms with Crippen molar-refractivity contribution in [1.82, 2.24) is 20.6 Å². The summed E-state index contributed by atoms with van der Waals surface area (Å²) in [6.45, 7) is 8.21. The molecule has 0 radical (unpaired) electrons. The highest BCUT2D eigenvalue weighted by Crippen LogP contribution is 2.16. The lowest BCUT2D eigenvalue weighted by atomic mass is 10.1. The molecule has 2 unspecified atom stereocenters. The van der Waals surface area contributed by atoms with E-state index < -0.39 is 0 Å². The van der Waals surface area contributed by atoms with Crippen LogP contribution < -0.4 is 26.4 Å². The fraction of sp³-hybridized carbons (Fsp3) is 0.250. The van der Waals surface area contributed by atoms with E-state index in [1.54, 1.807) is 43.8 Å². The lowest BCUT2D eigenvalue weighted by Gasteiger charge is -2.15. The van der Waals surface area contributed by atoms with Crippen LogP contribution in [-0.4, -0.2) is 29.0 Å². The number of amides is 3. The molecule has 9 heteroatoms. The maximum absolute atomic E-state index is 12.5. The number of pyridine rings is 2. The molecule has 2 heterocycles. The van der Waals surface area contributed by atoms with Gasteiger partial charge in [-0.25, -0.2) is 4.79 Å². The van der Waals surface area contributed by atoms with E-state index in [0.717, 1.165) is 33.8 Å². The lowest BCUT2D eigenvalue weighted by Crippen LogP contribution is -2.28. The van der Waals surface area contributed by atoms with E-state index in [0.29, 0.717) is 17.8 Å². The van der Waals surface area contributed by atoms with Crippen LogP contribution in [0.2, 0.25) is 0 Å². The van der Waals surface area contributed by atoms with Crippen LogP contribution in [0.15, 0.2) is 85.2 Å². The summed E-state index contributed by atoms with van der Waals surface area (Å²) in [4.78, 5) is 33.2. The number of ether oxygens (including phenoxy) is 1. The standard InChI is InChI=1S/C24H26N4O3.C8H12N2/c1-16-5-4-14-25-22(16)17(2)27-23(29)19-8-10-20(11-9-19)28-24(30)26-15-18-6-12-21(31-3)13-7-18;1-6-4-3-5-10-8(6)7(2)9/h4-14,17H,15H2,1-3H3,(H,27,29)(H2,26,28,30);3-5,7H,9H2,1-2H3. The topological polar surface area (TPSA) is 131 Å². The van der Waals surface area contributed by atoms with Gasteiger partial charge >= 0.3 is 6.03 Å². The molecular weight excluding hydrogens is 516 g/mol. The predicted octanol–water partition coefficient (Wildman–Crippen LogP) is 5.62. The van der Waals surface area contributed by atoms with E-state index in [1.165, 1.54) is 0 Å². The van der Waals surface area contributed by atoms with Crippen LogP contribution in [0.4, 0.5) is 10.5 Å². The van der Waals surface area contributed by atoms with E-state index in [2.05, 4.69) is 25.9 Å². The van der Waals surface area contributed by atoms with Crippen molar-refractivity contribution in [2.45, 2.75) is 46.3 Å². The number of hydrogen-bond acceptors (Lipinski definition) is 6. The van der Waals surface area contributed by atoms with Crippen molar-refractivity contribution in [2.75, 3.05) is 12.4 Å². The molecule has 0 saturated heterocycles. The van der Waals surface area contributed by atoms with Crippen LogP contribution >= 0.6 is 0 Å². The maximum atomic E-state index is 12.5. The number of rotatable bonds is 8. The summed E-state index contributed by atoms with van der Waals surface area (Å²) in [6.07, 6.45) is 3.48. The highest BCUT2D eigenvalue weighted by molar-refractivity contribution is 5.95. The van der Waals surface area contributed by atoms with Crippen molar-refractivity contribution in [1.29, 1.82) is 0 Å². The fourth-order valence-electron chi connectivity index (χ4n) is 4.08. The fourth-order valence-corrected chi connectivity index (χ4v) is 4.08. The maximum Gasteiger partial charge on any atom is 0.319 e. The Kier molecular flexibility index (Phi) is 11.4. The molecule has 41 heavy (non-hydrogen) atoms. The summed E-state index contributed by atoms with van der Waals surface area (Å²) < 4.78 is 5.12. The van der Waals surface area contributed by atoms with Crippen LogP contribution in [0.1, 0.15) is 64.4 Å². The van der Waals surface area contributed by atoms with Crippen molar-refractivity contribution in [2.24, 2.45) is 5.73 Å². The van der Waals surface area contributed by atoms with Crippen LogP contribution in [0.3, 0.4) is 0 Å². The molecule has 4 aromatic rings. The molecule has 0 aliphatic carbocycles. The molecule has 9 nitrogen and oxygen atoms in total. The van der Waals surface area contributed by atoms with E-state index in [-0.39, 0.29) is 24.0 Å². The molecule has 2 atom stereocenters. The molecule has 3 amide bonds. The monoisotopic (exact) mass is 554 g/mol. The zero-order chi connectivity index (χ0) is 29.8. The molecule has 0 spiro atoms. The third-order valence-corrected chi connectivity index (χ3v) is 6.31. The summed E-state index contributed by atoms with van der Waals surface area (Å²) in [5, 5.41) is 8.50. The van der Waals surface area contributed by atoms with E-state index in [4.69, 9.17) is 10.5 Å². The van der Waals surface area contributed by atoms with Crippen LogP contribution in [0, 0.1) is 13.8 Å². The first-order valence-corrected chi connectivity index (χ1v) is 13.3. The number of anilines is 1. The molecular formula is C32H38N6O3. The third-order valence-electron chi connectivity index (χ3n) is 6.31. The van der Waals surface area contributed by atoms with Gasteiger partial charge in [-0.2, -0.15) is 0 Å². The Hall–Kier alpha value is -4.76. The first-order valence-electron chi connectivity index (χ1n) is 13.3. The van der Waals surface area contributed by atoms with E-state index in [1.807, 2.05) is 76.2 Å². The van der Waals surface area contributed by atoms with Gasteiger partial charge in [-0.05, 0) is 92.9 Å². The third kappa shape index (κ3) is 9.44. The van der Waals surface area contributed by atoms with Crippen molar-refractivity contribution < 1.29 is 14.3 Å². The second-order valence-electron chi connectivity index (χ2n) is 9.63. The number of urea groups is 1. The number of carbonyl (C=O) groups is 2. The Bertz CT molecular complexity index is 1420. The molecule has 2 aromatic heterocycles. The largest absolute Gasteiger partial charge is 0.497 e. The van der Waals surface area contributed by atoms with Crippen LogP contribution in [0.5, 0.6) is 5.75 Å². The second kappa shape index (κ2) is 15.1. The Morgan fingerprint density at radius 2 is 1.44 bits per heavy atom. The zero-order valence-electron chi connectivity index (χ0n) is 24.1. The normalized spacial score (nSPS) is 11.8. The Balaban J connectivity index is 0.000000389. The molecule has 0 bridgehead atoms. The van der Waals surface area contributed by atoms with E-state index in [9.17, 15) is 9.59 Å². The van der Waals surface area contributed by atoms with Gasteiger partial charge in [0.05, 0.1) is 24.5 Å². The second-order valence-corrected chi connectivity index (χ2v) is 9.63. The lowest BCUT2D eigenvalue weighted by molar-refractivity contribution is 0.0939.